The SMILES string of the molecule is FC(F)(Cl)Oc1ccc(Nc2ncccc2-c2nnco2)cc1. The van der Waals surface area contributed by atoms with Crippen LogP contribution in [-0.4, -0.2) is 20.7 Å². The van der Waals surface area contributed by atoms with Gasteiger partial charge in [-0.15, -0.1) is 19.0 Å². The molecular weight excluding hydrogens is 330 g/mol. The molecule has 118 valence electrons. The van der Waals surface area contributed by atoms with Gasteiger partial charge in [0.2, 0.25) is 6.39 Å². The Hall–Kier alpha value is -2.74. The Labute approximate surface area is 134 Å². The summed E-state index contributed by atoms with van der Waals surface area (Å²) in [5.74, 6) is 0.726. The highest BCUT2D eigenvalue weighted by molar-refractivity contribution is 6.20. The van der Waals surface area contributed by atoms with Crippen molar-refractivity contribution in [1.82, 2.24) is 15.2 Å². The summed E-state index contributed by atoms with van der Waals surface area (Å²) in [7, 11) is 0. The summed E-state index contributed by atoms with van der Waals surface area (Å²) in [6, 6.07) is 9.29. The number of pyridine rings is 1. The number of hydrogen-bond donors (Lipinski definition) is 1. The van der Waals surface area contributed by atoms with Crippen molar-refractivity contribution >= 4 is 23.1 Å². The number of hydrogen-bond acceptors (Lipinski definition) is 6. The van der Waals surface area contributed by atoms with Gasteiger partial charge in [-0.25, -0.2) is 4.98 Å². The Morgan fingerprint density at radius 2 is 1.96 bits per heavy atom. The lowest BCUT2D eigenvalue weighted by molar-refractivity contribution is -0.0964. The average Bonchev–Trinajstić information content (AvgIpc) is 3.02. The fourth-order valence-electron chi connectivity index (χ4n) is 1.84. The smallest absolute Gasteiger partial charge is 0.423 e. The predicted molar refractivity (Wildman–Crippen MR) is 78.7 cm³/mol. The van der Waals surface area contributed by atoms with Crippen LogP contribution in [0.5, 0.6) is 5.75 Å². The molecule has 0 spiro atoms. The van der Waals surface area contributed by atoms with Crippen molar-refractivity contribution < 1.29 is 17.9 Å². The van der Waals surface area contributed by atoms with E-state index >= 15 is 0 Å². The van der Waals surface area contributed by atoms with Gasteiger partial charge in [-0.2, -0.15) is 0 Å². The summed E-state index contributed by atoms with van der Waals surface area (Å²) in [5.41, 5.74) is -2.53. The maximum absolute atomic E-state index is 12.6. The summed E-state index contributed by atoms with van der Waals surface area (Å²) in [6.45, 7) is 0. The minimum absolute atomic E-state index is 0.0614. The Morgan fingerprint density at radius 3 is 2.61 bits per heavy atom. The second kappa shape index (κ2) is 6.17. The van der Waals surface area contributed by atoms with Crippen LogP contribution in [-0.2, 0) is 0 Å². The van der Waals surface area contributed by atoms with E-state index in [1.165, 1.54) is 18.5 Å². The first-order valence-corrected chi connectivity index (χ1v) is 6.73. The first-order chi connectivity index (χ1) is 11.0. The first kappa shape index (κ1) is 15.2. The molecule has 0 atom stereocenters. The number of aromatic nitrogens is 3. The van der Waals surface area contributed by atoms with Crippen LogP contribution in [0.25, 0.3) is 11.5 Å². The molecule has 0 aliphatic rings. The number of benzene rings is 1. The normalized spacial score (nSPS) is 11.3. The van der Waals surface area contributed by atoms with Crippen LogP contribution >= 0.6 is 11.6 Å². The molecule has 0 unspecified atom stereocenters. The van der Waals surface area contributed by atoms with Gasteiger partial charge in [0.1, 0.15) is 11.6 Å². The quantitative estimate of drug-likeness (QED) is 0.708. The molecule has 9 heteroatoms. The molecular formula is C14H9ClF2N4O2. The van der Waals surface area contributed by atoms with Crippen LogP contribution in [0.3, 0.4) is 0 Å². The van der Waals surface area contributed by atoms with E-state index in [1.54, 1.807) is 30.5 Å². The summed E-state index contributed by atoms with van der Waals surface area (Å²) < 4.78 is 34.5. The van der Waals surface area contributed by atoms with E-state index in [0.29, 0.717) is 23.0 Å². The van der Waals surface area contributed by atoms with Crippen molar-refractivity contribution in [2.75, 3.05) is 5.32 Å². The number of nitrogens with zero attached hydrogens (tertiary/aromatic N) is 3. The number of alkyl halides is 3. The highest BCUT2D eigenvalue weighted by Crippen LogP contribution is 2.29. The number of anilines is 2. The van der Waals surface area contributed by atoms with Crippen LogP contribution in [0.4, 0.5) is 20.3 Å². The number of halogens is 3. The predicted octanol–water partition coefficient (Wildman–Crippen LogP) is 4.04. The Kier molecular flexibility index (Phi) is 4.07. The van der Waals surface area contributed by atoms with Crippen LogP contribution in [0.15, 0.2) is 53.4 Å². The maximum atomic E-state index is 12.6. The van der Waals surface area contributed by atoms with Gasteiger partial charge in [0.25, 0.3) is 5.89 Å². The van der Waals surface area contributed by atoms with Crippen LogP contribution < -0.4 is 10.1 Å². The van der Waals surface area contributed by atoms with E-state index < -0.39 is 5.57 Å². The van der Waals surface area contributed by atoms with Gasteiger partial charge in [0.15, 0.2) is 0 Å². The topological polar surface area (TPSA) is 73.1 Å². The van der Waals surface area contributed by atoms with E-state index in [1.807, 2.05) is 0 Å². The van der Waals surface area contributed by atoms with E-state index in [-0.39, 0.29) is 5.75 Å². The van der Waals surface area contributed by atoms with Gasteiger partial charge >= 0.3 is 5.57 Å². The second-order valence-corrected chi connectivity index (χ2v) is 4.78. The third kappa shape index (κ3) is 3.92. The zero-order valence-electron chi connectivity index (χ0n) is 11.4. The van der Waals surface area contributed by atoms with Gasteiger partial charge in [0, 0.05) is 23.5 Å². The lowest BCUT2D eigenvalue weighted by atomic mass is 10.2. The van der Waals surface area contributed by atoms with Crippen molar-refractivity contribution in [2.45, 2.75) is 5.57 Å². The monoisotopic (exact) mass is 338 g/mol. The fraction of sp³-hybridized carbons (Fsp3) is 0.0714. The lowest BCUT2D eigenvalue weighted by Crippen LogP contribution is -2.15. The minimum atomic E-state index is -3.75. The zero-order chi connectivity index (χ0) is 16.3. The largest absolute Gasteiger partial charge is 0.487 e. The highest BCUT2D eigenvalue weighted by Gasteiger charge is 2.27. The molecule has 3 rings (SSSR count). The second-order valence-electron chi connectivity index (χ2n) is 4.34. The highest BCUT2D eigenvalue weighted by atomic mass is 35.5. The third-order valence-corrected chi connectivity index (χ3v) is 2.83. The lowest BCUT2D eigenvalue weighted by Gasteiger charge is -2.12. The van der Waals surface area contributed by atoms with Gasteiger partial charge < -0.3 is 14.5 Å². The van der Waals surface area contributed by atoms with Crippen LogP contribution in [0, 0.1) is 0 Å². The molecule has 6 nitrogen and oxygen atoms in total. The Bertz CT molecular complexity index is 776. The number of rotatable bonds is 5. The molecule has 2 aromatic heterocycles. The van der Waals surface area contributed by atoms with Crippen molar-refractivity contribution in [3.8, 4) is 17.2 Å². The fourth-order valence-corrected chi connectivity index (χ4v) is 1.93. The molecule has 0 amide bonds. The minimum Gasteiger partial charge on any atom is -0.423 e. The summed E-state index contributed by atoms with van der Waals surface area (Å²) in [6.07, 6.45) is 2.80. The number of nitrogens with one attached hydrogen (secondary N) is 1. The molecule has 0 fully saturated rings. The Morgan fingerprint density at radius 1 is 1.17 bits per heavy atom. The van der Waals surface area contributed by atoms with Crippen molar-refractivity contribution in [3.63, 3.8) is 0 Å². The average molecular weight is 339 g/mol. The molecule has 0 aliphatic carbocycles. The zero-order valence-corrected chi connectivity index (χ0v) is 12.2. The van der Waals surface area contributed by atoms with Gasteiger partial charge in [-0.1, -0.05) is 0 Å². The maximum Gasteiger partial charge on any atom is 0.487 e. The van der Waals surface area contributed by atoms with Gasteiger partial charge in [-0.05, 0) is 36.4 Å². The molecule has 2 heterocycles. The molecule has 0 bridgehead atoms. The molecule has 0 radical (unpaired) electrons. The van der Waals surface area contributed by atoms with E-state index in [4.69, 9.17) is 16.0 Å². The molecule has 0 saturated carbocycles. The van der Waals surface area contributed by atoms with Gasteiger partial charge in [-0.3, -0.25) is 0 Å². The number of ether oxygens (including phenoxy) is 1. The summed E-state index contributed by atoms with van der Waals surface area (Å²) >= 11 is 4.71. The first-order valence-electron chi connectivity index (χ1n) is 6.36. The molecule has 23 heavy (non-hydrogen) atoms. The molecule has 1 aromatic carbocycles. The van der Waals surface area contributed by atoms with Crippen LogP contribution in [0.2, 0.25) is 0 Å². The van der Waals surface area contributed by atoms with Crippen molar-refractivity contribution in [2.24, 2.45) is 0 Å². The molecule has 0 aliphatic heterocycles. The third-order valence-electron chi connectivity index (χ3n) is 2.75. The molecule has 3 aromatic rings. The van der Waals surface area contributed by atoms with Crippen molar-refractivity contribution in [3.05, 3.63) is 49.0 Å². The summed E-state index contributed by atoms with van der Waals surface area (Å²) in [4.78, 5) is 4.20. The van der Waals surface area contributed by atoms with Crippen molar-refractivity contribution in [1.29, 1.82) is 0 Å². The molecule has 0 saturated heterocycles. The standard InChI is InChI=1S/C14H9ClF2N4O2/c15-14(16,17)23-10-5-3-9(4-6-10)20-12-11(2-1-7-18-12)13-21-19-8-22-13/h1-8H,(H,18,20). The van der Waals surface area contributed by atoms with E-state index in [0.717, 1.165) is 0 Å². The van der Waals surface area contributed by atoms with E-state index in [9.17, 15) is 8.78 Å². The Balaban J connectivity index is 1.80. The van der Waals surface area contributed by atoms with Gasteiger partial charge in [0.05, 0.1) is 5.56 Å². The van der Waals surface area contributed by atoms with Crippen LogP contribution in [0.1, 0.15) is 0 Å². The summed E-state index contributed by atoms with van der Waals surface area (Å²) in [5, 5.41) is 10.5. The van der Waals surface area contributed by atoms with E-state index in [2.05, 4.69) is 25.2 Å². The molecule has 1 N–H and O–H groups in total.